The standard InChI is InChI=1S/C32H42N6O2S/c1-21-16-22(2)18-24(17-21)29-25(8-11-36-12-14-37(15-13-36)20-28(39)38-9-6-7-10-38)26-19-27(41-30(26)33-29)32(4,5)31-35-34-23(3)40-31/h16-19,33H,6-15,20H2,1-5H3. The predicted molar refractivity (Wildman–Crippen MR) is 165 cm³/mol. The number of H-pyrrole nitrogens is 1. The van der Waals surface area contributed by atoms with Crippen molar-refractivity contribution in [2.75, 3.05) is 52.4 Å². The van der Waals surface area contributed by atoms with E-state index in [0.717, 1.165) is 65.1 Å². The second-order valence-electron chi connectivity index (χ2n) is 12.4. The fourth-order valence-electron chi connectivity index (χ4n) is 6.32. The van der Waals surface area contributed by atoms with Gasteiger partial charge in [0.15, 0.2) is 0 Å². The lowest BCUT2D eigenvalue weighted by Crippen LogP contribution is -2.50. The van der Waals surface area contributed by atoms with E-state index in [1.54, 1.807) is 11.3 Å². The van der Waals surface area contributed by atoms with Crippen molar-refractivity contribution >= 4 is 27.5 Å². The quantitative estimate of drug-likeness (QED) is 0.307. The Morgan fingerprint density at radius 2 is 1.63 bits per heavy atom. The minimum Gasteiger partial charge on any atom is -0.425 e. The van der Waals surface area contributed by atoms with Gasteiger partial charge in [-0.1, -0.05) is 17.2 Å². The Morgan fingerprint density at radius 1 is 0.951 bits per heavy atom. The minimum atomic E-state index is -0.369. The van der Waals surface area contributed by atoms with E-state index in [0.29, 0.717) is 24.2 Å². The molecule has 0 spiro atoms. The summed E-state index contributed by atoms with van der Waals surface area (Å²) in [7, 11) is 0. The zero-order chi connectivity index (χ0) is 28.7. The van der Waals surface area contributed by atoms with Gasteiger partial charge in [-0.25, -0.2) is 0 Å². The summed E-state index contributed by atoms with van der Waals surface area (Å²) in [4.78, 5) is 25.8. The Hall–Kier alpha value is -3.01. The second-order valence-corrected chi connectivity index (χ2v) is 13.5. The van der Waals surface area contributed by atoms with Crippen LogP contribution in [-0.2, 0) is 16.6 Å². The van der Waals surface area contributed by atoms with Crippen LogP contribution >= 0.6 is 11.3 Å². The van der Waals surface area contributed by atoms with Crippen LogP contribution in [0.5, 0.6) is 0 Å². The number of nitrogens with zero attached hydrogens (tertiary/aromatic N) is 5. The minimum absolute atomic E-state index is 0.302. The van der Waals surface area contributed by atoms with E-state index >= 15 is 0 Å². The first-order valence-electron chi connectivity index (χ1n) is 14.9. The molecular weight excluding hydrogens is 532 g/mol. The van der Waals surface area contributed by atoms with E-state index in [2.05, 4.69) is 76.9 Å². The molecule has 4 aromatic rings. The maximum absolute atomic E-state index is 12.6. The fourth-order valence-corrected chi connectivity index (χ4v) is 7.50. The number of aromatic amines is 1. The Bertz CT molecular complexity index is 1510. The van der Waals surface area contributed by atoms with Crippen molar-refractivity contribution in [3.63, 3.8) is 0 Å². The van der Waals surface area contributed by atoms with Gasteiger partial charge in [0.25, 0.3) is 0 Å². The van der Waals surface area contributed by atoms with E-state index in [1.165, 1.54) is 43.0 Å². The Labute approximate surface area is 246 Å². The van der Waals surface area contributed by atoms with Crippen LogP contribution in [0.1, 0.15) is 60.0 Å². The first-order chi connectivity index (χ1) is 19.7. The van der Waals surface area contributed by atoms with Crippen molar-refractivity contribution in [1.82, 2.24) is 29.9 Å². The van der Waals surface area contributed by atoms with Crippen molar-refractivity contribution < 1.29 is 9.21 Å². The van der Waals surface area contributed by atoms with E-state index in [1.807, 2.05) is 11.8 Å². The molecule has 2 aliphatic heterocycles. The van der Waals surface area contributed by atoms with Gasteiger partial charge >= 0.3 is 0 Å². The summed E-state index contributed by atoms with van der Waals surface area (Å²) in [6, 6.07) is 9.14. The van der Waals surface area contributed by atoms with Gasteiger partial charge in [0.1, 0.15) is 4.83 Å². The van der Waals surface area contributed by atoms with Crippen molar-refractivity contribution in [2.45, 2.75) is 59.3 Å². The van der Waals surface area contributed by atoms with Crippen molar-refractivity contribution in [2.24, 2.45) is 0 Å². The molecule has 218 valence electrons. The monoisotopic (exact) mass is 574 g/mol. The third-order valence-corrected chi connectivity index (χ3v) is 10.1. The van der Waals surface area contributed by atoms with Gasteiger partial charge in [0.05, 0.1) is 17.7 Å². The van der Waals surface area contributed by atoms with Crippen LogP contribution < -0.4 is 0 Å². The summed E-state index contributed by atoms with van der Waals surface area (Å²) in [5.74, 6) is 1.54. The number of aryl methyl sites for hydroxylation is 3. The van der Waals surface area contributed by atoms with Crippen molar-refractivity contribution in [3.05, 3.63) is 57.6 Å². The number of thiophene rings is 1. The van der Waals surface area contributed by atoms with Gasteiger partial charge in [0, 0.05) is 63.0 Å². The lowest BCUT2D eigenvalue weighted by Gasteiger charge is -2.35. The molecule has 2 aliphatic rings. The van der Waals surface area contributed by atoms with Crippen LogP contribution in [-0.4, -0.2) is 88.1 Å². The van der Waals surface area contributed by atoms with Gasteiger partial charge in [-0.05, 0) is 76.3 Å². The molecule has 1 aromatic carbocycles. The fraction of sp³-hybridized carbons (Fsp3) is 0.531. The lowest BCUT2D eigenvalue weighted by atomic mass is 9.90. The smallest absolute Gasteiger partial charge is 0.236 e. The van der Waals surface area contributed by atoms with E-state index in [9.17, 15) is 4.79 Å². The molecule has 2 fully saturated rings. The van der Waals surface area contributed by atoms with Gasteiger partial charge in [-0.2, -0.15) is 0 Å². The first-order valence-corrected chi connectivity index (χ1v) is 15.8. The zero-order valence-corrected chi connectivity index (χ0v) is 25.9. The molecule has 0 atom stereocenters. The summed E-state index contributed by atoms with van der Waals surface area (Å²) in [5.41, 5.74) is 6.03. The molecule has 5 heterocycles. The van der Waals surface area contributed by atoms with Crippen molar-refractivity contribution in [1.29, 1.82) is 0 Å². The van der Waals surface area contributed by atoms with Crippen LogP contribution in [0, 0.1) is 20.8 Å². The maximum Gasteiger partial charge on any atom is 0.236 e. The summed E-state index contributed by atoms with van der Waals surface area (Å²) in [5, 5.41) is 9.71. The number of likely N-dealkylation sites (tertiary alicyclic amines) is 1. The number of carbonyl (C=O) groups excluding carboxylic acids is 1. The lowest BCUT2D eigenvalue weighted by molar-refractivity contribution is -0.131. The van der Waals surface area contributed by atoms with Crippen molar-refractivity contribution in [3.8, 4) is 11.3 Å². The molecule has 9 heteroatoms. The molecule has 0 unspecified atom stereocenters. The molecule has 1 N–H and O–H groups in total. The molecule has 2 saturated heterocycles. The van der Waals surface area contributed by atoms with Crippen LogP contribution in [0.25, 0.3) is 21.5 Å². The largest absolute Gasteiger partial charge is 0.425 e. The molecular formula is C32H42N6O2S. The number of hydrogen-bond donors (Lipinski definition) is 1. The number of carbonyl (C=O) groups is 1. The van der Waals surface area contributed by atoms with E-state index < -0.39 is 0 Å². The third-order valence-electron chi connectivity index (χ3n) is 8.75. The number of benzene rings is 1. The normalized spacial score (nSPS) is 17.2. The van der Waals surface area contributed by atoms with E-state index in [-0.39, 0.29) is 5.41 Å². The second kappa shape index (κ2) is 11.3. The highest BCUT2D eigenvalue weighted by Gasteiger charge is 2.32. The molecule has 0 radical (unpaired) electrons. The molecule has 0 bridgehead atoms. The highest BCUT2D eigenvalue weighted by Crippen LogP contribution is 2.42. The average molecular weight is 575 g/mol. The van der Waals surface area contributed by atoms with Gasteiger partial charge in [-0.3, -0.25) is 9.69 Å². The number of fused-ring (bicyclic) bond motifs is 1. The predicted octanol–water partition coefficient (Wildman–Crippen LogP) is 5.31. The molecule has 1 amide bonds. The first kappa shape index (κ1) is 28.1. The molecule has 0 saturated carbocycles. The molecule has 0 aliphatic carbocycles. The highest BCUT2D eigenvalue weighted by atomic mass is 32.1. The van der Waals surface area contributed by atoms with Crippen LogP contribution in [0.15, 0.2) is 28.7 Å². The van der Waals surface area contributed by atoms with Crippen LogP contribution in [0.3, 0.4) is 0 Å². The number of nitrogens with one attached hydrogen (secondary N) is 1. The summed E-state index contributed by atoms with van der Waals surface area (Å²) in [6.45, 7) is 17.8. The summed E-state index contributed by atoms with van der Waals surface area (Å²) >= 11 is 1.78. The Kier molecular flexibility index (Phi) is 7.78. The molecule has 3 aromatic heterocycles. The van der Waals surface area contributed by atoms with Crippen LogP contribution in [0.2, 0.25) is 0 Å². The summed E-state index contributed by atoms with van der Waals surface area (Å²) < 4.78 is 5.85. The molecule has 8 nitrogen and oxygen atoms in total. The van der Waals surface area contributed by atoms with Gasteiger partial charge in [0.2, 0.25) is 17.7 Å². The number of hydrogen-bond acceptors (Lipinski definition) is 7. The number of amides is 1. The number of aromatic nitrogens is 3. The SMILES string of the molecule is Cc1cc(C)cc(-c2[nH]c3sc(C(C)(C)c4nnc(C)o4)cc3c2CCN2CCN(CC(=O)N3CCCC3)CC2)c1. The maximum atomic E-state index is 12.6. The Balaban J connectivity index is 1.22. The third kappa shape index (κ3) is 5.85. The Morgan fingerprint density at radius 3 is 2.29 bits per heavy atom. The topological polar surface area (TPSA) is 81.5 Å². The van der Waals surface area contributed by atoms with Gasteiger partial charge < -0.3 is 19.2 Å². The van der Waals surface area contributed by atoms with Crippen LogP contribution in [0.4, 0.5) is 0 Å². The summed E-state index contributed by atoms with van der Waals surface area (Å²) in [6.07, 6.45) is 3.26. The highest BCUT2D eigenvalue weighted by molar-refractivity contribution is 7.18. The molecule has 41 heavy (non-hydrogen) atoms. The molecule has 6 rings (SSSR count). The number of rotatable bonds is 8. The van der Waals surface area contributed by atoms with E-state index in [4.69, 9.17) is 4.42 Å². The average Bonchev–Trinajstić information content (AvgIpc) is 3.72. The number of piperazine rings is 1. The zero-order valence-electron chi connectivity index (χ0n) is 25.0. The van der Waals surface area contributed by atoms with Gasteiger partial charge in [-0.15, -0.1) is 21.5 Å².